The zero-order chi connectivity index (χ0) is 17.7. The second-order valence-corrected chi connectivity index (χ2v) is 6.47. The van der Waals surface area contributed by atoms with Gasteiger partial charge in [0.2, 0.25) is 5.91 Å². The van der Waals surface area contributed by atoms with E-state index >= 15 is 0 Å². The Kier molecular flexibility index (Phi) is 5.39. The van der Waals surface area contributed by atoms with Gasteiger partial charge in [0.15, 0.2) is 5.76 Å². The van der Waals surface area contributed by atoms with Crippen molar-refractivity contribution in [1.29, 1.82) is 0 Å². The first-order valence-corrected chi connectivity index (χ1v) is 7.79. The molecule has 0 aliphatic heterocycles. The molecule has 24 heavy (non-hydrogen) atoms. The van der Waals surface area contributed by atoms with Crippen molar-refractivity contribution in [2.45, 2.75) is 46.1 Å². The zero-order valence-corrected chi connectivity index (χ0v) is 14.4. The third-order valence-corrected chi connectivity index (χ3v) is 3.14. The molecular weight excluding hydrogens is 308 g/mol. The summed E-state index contributed by atoms with van der Waals surface area (Å²) in [4.78, 5) is 23.8. The number of carbonyl (C=O) groups is 2. The van der Waals surface area contributed by atoms with Crippen LogP contribution < -0.4 is 5.32 Å². The lowest BCUT2D eigenvalue weighted by Gasteiger charge is -2.19. The predicted molar refractivity (Wildman–Crippen MR) is 90.4 cm³/mol. The first-order valence-electron chi connectivity index (χ1n) is 7.79. The monoisotopic (exact) mass is 330 g/mol. The van der Waals surface area contributed by atoms with Gasteiger partial charge in [0.25, 0.3) is 0 Å². The Labute approximate surface area is 141 Å². The van der Waals surface area contributed by atoms with Crippen molar-refractivity contribution >= 4 is 17.6 Å². The fraction of sp³-hybridized carbons (Fsp3) is 0.389. The molecule has 1 aromatic carbocycles. The van der Waals surface area contributed by atoms with Crippen LogP contribution in [0.3, 0.4) is 0 Å². The quantitative estimate of drug-likeness (QED) is 0.845. The highest BCUT2D eigenvalue weighted by molar-refractivity contribution is 5.96. The number of nitrogens with zero attached hydrogens (tertiary/aromatic N) is 1. The fourth-order valence-electron chi connectivity index (χ4n) is 2.11. The zero-order valence-electron chi connectivity index (χ0n) is 14.4. The lowest BCUT2D eigenvalue weighted by atomic mass is 10.1. The molecule has 0 atom stereocenters. The Balaban J connectivity index is 2.00. The topological polar surface area (TPSA) is 81.4 Å². The van der Waals surface area contributed by atoms with Crippen molar-refractivity contribution in [2.75, 3.05) is 5.32 Å². The number of hydrogen-bond donors (Lipinski definition) is 1. The maximum absolute atomic E-state index is 12.1. The first kappa shape index (κ1) is 17.7. The smallest absolute Gasteiger partial charge is 0.306 e. The van der Waals surface area contributed by atoms with Crippen molar-refractivity contribution in [3.05, 3.63) is 36.0 Å². The average molecular weight is 330 g/mol. The highest BCUT2D eigenvalue weighted by Crippen LogP contribution is 2.30. The summed E-state index contributed by atoms with van der Waals surface area (Å²) in [6.07, 6.45) is 0.0574. The van der Waals surface area contributed by atoms with Crippen molar-refractivity contribution in [3.8, 4) is 11.3 Å². The molecule has 0 unspecified atom stereocenters. The van der Waals surface area contributed by atoms with Crippen LogP contribution in [0.1, 0.15) is 39.3 Å². The molecule has 2 rings (SSSR count). The summed E-state index contributed by atoms with van der Waals surface area (Å²) in [7, 11) is 0. The molecule has 0 aliphatic rings. The minimum Gasteiger partial charge on any atom is -0.460 e. The number of aryl methyl sites for hydroxylation is 1. The molecule has 0 aliphatic carbocycles. The largest absolute Gasteiger partial charge is 0.460 e. The maximum atomic E-state index is 12.1. The molecule has 0 spiro atoms. The minimum absolute atomic E-state index is 0.0219. The molecule has 1 N–H and O–H groups in total. The van der Waals surface area contributed by atoms with Gasteiger partial charge in [-0.15, -0.1) is 0 Å². The van der Waals surface area contributed by atoms with E-state index in [1.807, 2.05) is 30.3 Å². The summed E-state index contributed by atoms with van der Waals surface area (Å²) in [6, 6.07) is 9.39. The Morgan fingerprint density at radius 1 is 1.17 bits per heavy atom. The number of esters is 1. The molecule has 0 saturated heterocycles. The van der Waals surface area contributed by atoms with Crippen molar-refractivity contribution in [3.63, 3.8) is 0 Å². The molecule has 1 amide bonds. The lowest BCUT2D eigenvalue weighted by Crippen LogP contribution is -2.24. The fourth-order valence-corrected chi connectivity index (χ4v) is 2.11. The van der Waals surface area contributed by atoms with E-state index in [1.165, 1.54) is 0 Å². The molecule has 0 radical (unpaired) electrons. The summed E-state index contributed by atoms with van der Waals surface area (Å²) < 4.78 is 10.5. The van der Waals surface area contributed by atoms with Gasteiger partial charge >= 0.3 is 5.97 Å². The number of carbonyl (C=O) groups excluding carboxylic acids is 2. The third kappa shape index (κ3) is 4.94. The predicted octanol–water partition coefficient (Wildman–Crippen LogP) is 3.71. The molecule has 0 saturated carbocycles. The van der Waals surface area contributed by atoms with Crippen LogP contribution in [-0.2, 0) is 14.3 Å². The van der Waals surface area contributed by atoms with Gasteiger partial charge in [-0.2, -0.15) is 0 Å². The van der Waals surface area contributed by atoms with E-state index in [-0.39, 0.29) is 18.7 Å². The molecular formula is C18H22N2O4. The van der Waals surface area contributed by atoms with Crippen LogP contribution >= 0.6 is 0 Å². The van der Waals surface area contributed by atoms with Crippen molar-refractivity contribution < 1.29 is 18.8 Å². The van der Waals surface area contributed by atoms with Crippen molar-refractivity contribution in [1.82, 2.24) is 5.16 Å². The second kappa shape index (κ2) is 7.29. The van der Waals surface area contributed by atoms with E-state index < -0.39 is 11.6 Å². The average Bonchev–Trinajstić information content (AvgIpc) is 2.86. The molecule has 2 aromatic rings. The molecule has 6 nitrogen and oxygen atoms in total. The van der Waals surface area contributed by atoms with Gasteiger partial charge in [0.1, 0.15) is 17.0 Å². The van der Waals surface area contributed by atoms with E-state index in [9.17, 15) is 9.59 Å². The normalized spacial score (nSPS) is 11.2. The Bertz CT molecular complexity index is 714. The SMILES string of the molecule is Cc1noc(-c2ccccc2)c1NC(=O)CCC(=O)OC(C)(C)C. The van der Waals surface area contributed by atoms with E-state index in [2.05, 4.69) is 10.5 Å². The maximum Gasteiger partial charge on any atom is 0.306 e. The summed E-state index contributed by atoms with van der Waals surface area (Å²) in [6.45, 7) is 7.12. The molecule has 0 bridgehead atoms. The van der Waals surface area contributed by atoms with Crippen LogP contribution in [0.4, 0.5) is 5.69 Å². The number of ether oxygens (including phenoxy) is 1. The third-order valence-electron chi connectivity index (χ3n) is 3.14. The molecule has 128 valence electrons. The van der Waals surface area contributed by atoms with Gasteiger partial charge in [0, 0.05) is 12.0 Å². The van der Waals surface area contributed by atoms with E-state index in [0.29, 0.717) is 17.1 Å². The molecule has 1 heterocycles. The van der Waals surface area contributed by atoms with Crippen LogP contribution in [-0.4, -0.2) is 22.6 Å². The van der Waals surface area contributed by atoms with Gasteiger partial charge in [0.05, 0.1) is 6.42 Å². The van der Waals surface area contributed by atoms with Gasteiger partial charge in [-0.3, -0.25) is 9.59 Å². The number of anilines is 1. The van der Waals surface area contributed by atoms with Crippen LogP contribution in [0, 0.1) is 6.92 Å². The number of rotatable bonds is 5. The lowest BCUT2D eigenvalue weighted by molar-refractivity contribution is -0.155. The standard InChI is InChI=1S/C18H22N2O4/c1-12-16(17(24-20-12)13-8-6-5-7-9-13)19-14(21)10-11-15(22)23-18(2,3)4/h5-9H,10-11H2,1-4H3,(H,19,21). The summed E-state index contributed by atoms with van der Waals surface area (Å²) in [5, 5.41) is 6.68. The number of hydrogen-bond acceptors (Lipinski definition) is 5. The molecule has 1 aromatic heterocycles. The number of benzene rings is 1. The minimum atomic E-state index is -0.556. The summed E-state index contributed by atoms with van der Waals surface area (Å²) >= 11 is 0. The van der Waals surface area contributed by atoms with E-state index in [4.69, 9.17) is 9.26 Å². The molecule has 6 heteroatoms. The second-order valence-electron chi connectivity index (χ2n) is 6.47. The van der Waals surface area contributed by atoms with Gasteiger partial charge < -0.3 is 14.6 Å². The van der Waals surface area contributed by atoms with Crippen LogP contribution in [0.5, 0.6) is 0 Å². The van der Waals surface area contributed by atoms with Crippen LogP contribution in [0.15, 0.2) is 34.9 Å². The van der Waals surface area contributed by atoms with Crippen LogP contribution in [0.2, 0.25) is 0 Å². The summed E-state index contributed by atoms with van der Waals surface area (Å²) in [5.74, 6) is -0.189. The van der Waals surface area contributed by atoms with Crippen LogP contribution in [0.25, 0.3) is 11.3 Å². The first-order chi connectivity index (χ1) is 11.3. The van der Waals surface area contributed by atoms with E-state index in [1.54, 1.807) is 27.7 Å². The number of aromatic nitrogens is 1. The van der Waals surface area contributed by atoms with Gasteiger partial charge in [-0.25, -0.2) is 0 Å². The number of amides is 1. The Hall–Kier alpha value is -2.63. The Morgan fingerprint density at radius 3 is 2.46 bits per heavy atom. The van der Waals surface area contributed by atoms with Gasteiger partial charge in [-0.1, -0.05) is 35.5 Å². The summed E-state index contributed by atoms with van der Waals surface area (Å²) in [5.41, 5.74) is 1.37. The Morgan fingerprint density at radius 2 is 1.83 bits per heavy atom. The van der Waals surface area contributed by atoms with Crippen molar-refractivity contribution in [2.24, 2.45) is 0 Å². The highest BCUT2D eigenvalue weighted by Gasteiger charge is 2.20. The number of nitrogens with one attached hydrogen (secondary N) is 1. The van der Waals surface area contributed by atoms with Gasteiger partial charge in [-0.05, 0) is 27.7 Å². The highest BCUT2D eigenvalue weighted by atomic mass is 16.6. The molecule has 0 fully saturated rings. The van der Waals surface area contributed by atoms with E-state index in [0.717, 1.165) is 5.56 Å².